The summed E-state index contributed by atoms with van der Waals surface area (Å²) >= 11 is 0. The van der Waals surface area contributed by atoms with E-state index in [2.05, 4.69) is 103 Å². The normalized spacial score (nSPS) is 13.9. The average Bonchev–Trinajstić information content (AvgIpc) is 3.41. The molecule has 2 heteroatoms. The van der Waals surface area contributed by atoms with E-state index in [4.69, 9.17) is 0 Å². The number of aromatic amines is 1. The van der Waals surface area contributed by atoms with Gasteiger partial charge in [-0.3, -0.25) is 0 Å². The first-order chi connectivity index (χ1) is 18.7. The molecule has 38 heavy (non-hydrogen) atoms. The summed E-state index contributed by atoms with van der Waals surface area (Å²) in [4.78, 5) is 3.73. The van der Waals surface area contributed by atoms with Crippen molar-refractivity contribution in [2.45, 2.75) is 135 Å². The van der Waals surface area contributed by atoms with Crippen LogP contribution in [0.5, 0.6) is 0 Å². The molecule has 0 radical (unpaired) electrons. The zero-order valence-electron chi connectivity index (χ0n) is 24.8. The number of hydrogen-bond donors (Lipinski definition) is 1. The second-order valence-corrected chi connectivity index (χ2v) is 11.7. The Morgan fingerprint density at radius 1 is 0.684 bits per heavy atom. The molecule has 0 bridgehead atoms. The van der Waals surface area contributed by atoms with Gasteiger partial charge in [-0.05, 0) is 30.4 Å². The number of imidazole rings is 1. The number of H-pyrrole nitrogens is 1. The number of aromatic nitrogens is 2. The SMILES string of the molecule is CCCCCCCCCCCCCC(c1[nH]cc[n+]1CCCC)C(C)(Cc1ccccc1)c1ccccc1. The quantitative estimate of drug-likeness (QED) is 0.114. The molecule has 0 amide bonds. The lowest BCUT2D eigenvalue weighted by Crippen LogP contribution is -2.43. The molecule has 1 heterocycles. The van der Waals surface area contributed by atoms with Gasteiger partial charge in [0.15, 0.2) is 0 Å². The molecule has 0 saturated heterocycles. The van der Waals surface area contributed by atoms with E-state index in [0.717, 1.165) is 13.0 Å². The van der Waals surface area contributed by atoms with E-state index in [-0.39, 0.29) is 5.41 Å². The highest BCUT2D eigenvalue weighted by Crippen LogP contribution is 2.43. The summed E-state index contributed by atoms with van der Waals surface area (Å²) < 4.78 is 2.51. The van der Waals surface area contributed by atoms with Crippen LogP contribution in [-0.2, 0) is 18.4 Å². The van der Waals surface area contributed by atoms with Crippen LogP contribution in [-0.4, -0.2) is 4.98 Å². The lowest BCUT2D eigenvalue weighted by Gasteiger charge is -2.37. The molecule has 2 aromatic carbocycles. The Kier molecular flexibility index (Phi) is 13.7. The molecule has 0 aliphatic heterocycles. The zero-order chi connectivity index (χ0) is 26.9. The van der Waals surface area contributed by atoms with E-state index in [1.165, 1.54) is 107 Å². The fourth-order valence-corrected chi connectivity index (χ4v) is 6.23. The fraction of sp³-hybridized carbons (Fsp3) is 0.583. The number of rotatable bonds is 20. The molecule has 0 aliphatic rings. The predicted molar refractivity (Wildman–Crippen MR) is 164 cm³/mol. The van der Waals surface area contributed by atoms with Crippen molar-refractivity contribution in [3.63, 3.8) is 0 Å². The zero-order valence-corrected chi connectivity index (χ0v) is 24.8. The van der Waals surface area contributed by atoms with Gasteiger partial charge >= 0.3 is 0 Å². The largest absolute Gasteiger partial charge is 0.258 e. The van der Waals surface area contributed by atoms with Crippen LogP contribution < -0.4 is 4.57 Å². The maximum atomic E-state index is 3.73. The Balaban J connectivity index is 1.72. The molecule has 1 aromatic heterocycles. The van der Waals surface area contributed by atoms with Crippen LogP contribution in [0.1, 0.15) is 134 Å². The topological polar surface area (TPSA) is 19.7 Å². The van der Waals surface area contributed by atoms with Crippen molar-refractivity contribution in [3.05, 3.63) is 90.0 Å². The fourth-order valence-electron chi connectivity index (χ4n) is 6.23. The van der Waals surface area contributed by atoms with E-state index in [0.29, 0.717) is 5.92 Å². The second kappa shape index (κ2) is 17.3. The van der Waals surface area contributed by atoms with Crippen LogP contribution in [0, 0.1) is 0 Å². The molecule has 0 aliphatic carbocycles. The van der Waals surface area contributed by atoms with Crippen LogP contribution in [0.2, 0.25) is 0 Å². The van der Waals surface area contributed by atoms with E-state index < -0.39 is 0 Å². The maximum Gasteiger partial charge on any atom is 0.258 e. The third-order valence-corrected chi connectivity index (χ3v) is 8.59. The van der Waals surface area contributed by atoms with Crippen LogP contribution in [0.25, 0.3) is 0 Å². The highest BCUT2D eigenvalue weighted by Gasteiger charge is 2.41. The van der Waals surface area contributed by atoms with Gasteiger partial charge in [0.2, 0.25) is 0 Å². The highest BCUT2D eigenvalue weighted by molar-refractivity contribution is 5.32. The second-order valence-electron chi connectivity index (χ2n) is 11.7. The van der Waals surface area contributed by atoms with Gasteiger partial charge in [-0.2, -0.15) is 0 Å². The molecule has 208 valence electrons. The lowest BCUT2D eigenvalue weighted by atomic mass is 9.66. The summed E-state index contributed by atoms with van der Waals surface area (Å²) in [6.45, 7) is 8.21. The molecular weight excluding hydrogens is 460 g/mol. The Morgan fingerprint density at radius 3 is 1.84 bits per heavy atom. The molecule has 2 nitrogen and oxygen atoms in total. The van der Waals surface area contributed by atoms with Crippen LogP contribution >= 0.6 is 0 Å². The average molecular weight is 516 g/mol. The van der Waals surface area contributed by atoms with Crippen molar-refractivity contribution in [1.29, 1.82) is 0 Å². The first-order valence-electron chi connectivity index (χ1n) is 15.8. The maximum absolute atomic E-state index is 3.73. The van der Waals surface area contributed by atoms with E-state index >= 15 is 0 Å². The summed E-state index contributed by atoms with van der Waals surface area (Å²) in [5.74, 6) is 1.85. The van der Waals surface area contributed by atoms with Gasteiger partial charge in [0.05, 0.1) is 12.5 Å². The van der Waals surface area contributed by atoms with Crippen molar-refractivity contribution in [2.75, 3.05) is 0 Å². The van der Waals surface area contributed by atoms with Crippen LogP contribution in [0.3, 0.4) is 0 Å². The van der Waals surface area contributed by atoms with Gasteiger partial charge in [0.25, 0.3) is 5.82 Å². The number of aryl methyl sites for hydroxylation is 1. The monoisotopic (exact) mass is 515 g/mol. The minimum absolute atomic E-state index is 0.0138. The number of benzene rings is 2. The van der Waals surface area contributed by atoms with Gasteiger partial charge in [-0.25, -0.2) is 9.55 Å². The van der Waals surface area contributed by atoms with Gasteiger partial charge in [0, 0.05) is 5.41 Å². The standard InChI is InChI=1S/C36H54N2/c1-4-6-8-9-10-11-12-13-14-15-22-27-34(35-37-28-30-38(35)29-7-5-2)36(3,33-25-20-17-21-26-33)31-32-23-18-16-19-24-32/h16-21,23-26,28,30,34H,4-15,22,27,29,31H2,1-3H3/p+1. The van der Waals surface area contributed by atoms with E-state index in [1.807, 2.05) is 0 Å². The first kappa shape index (κ1) is 30.2. The van der Waals surface area contributed by atoms with Crippen LogP contribution in [0.4, 0.5) is 0 Å². The molecule has 0 fully saturated rings. The van der Waals surface area contributed by atoms with Crippen molar-refractivity contribution >= 4 is 0 Å². The predicted octanol–water partition coefficient (Wildman–Crippen LogP) is 10.1. The van der Waals surface area contributed by atoms with Crippen molar-refractivity contribution in [3.8, 4) is 0 Å². The molecule has 3 aromatic rings. The van der Waals surface area contributed by atoms with E-state index in [9.17, 15) is 0 Å². The third-order valence-electron chi connectivity index (χ3n) is 8.59. The minimum Gasteiger partial charge on any atom is -0.247 e. The molecule has 1 N–H and O–H groups in total. The summed E-state index contributed by atoms with van der Waals surface area (Å²) in [6.07, 6.45) is 24.5. The lowest BCUT2D eigenvalue weighted by molar-refractivity contribution is -0.705. The summed E-state index contributed by atoms with van der Waals surface area (Å²) in [5, 5.41) is 0. The van der Waals surface area contributed by atoms with Crippen molar-refractivity contribution in [2.24, 2.45) is 0 Å². The number of hydrogen-bond acceptors (Lipinski definition) is 0. The van der Waals surface area contributed by atoms with Gasteiger partial charge in [-0.1, -0.05) is 158 Å². The summed E-state index contributed by atoms with van der Waals surface area (Å²) in [7, 11) is 0. The summed E-state index contributed by atoms with van der Waals surface area (Å²) in [6, 6.07) is 22.4. The molecular formula is C36H55N2+. The van der Waals surface area contributed by atoms with Crippen LogP contribution in [0.15, 0.2) is 73.1 Å². The van der Waals surface area contributed by atoms with Gasteiger partial charge < -0.3 is 0 Å². The Hall–Kier alpha value is -2.35. The Labute approximate surface area is 234 Å². The van der Waals surface area contributed by atoms with Gasteiger partial charge in [-0.15, -0.1) is 0 Å². The molecule has 2 unspecified atom stereocenters. The molecule has 0 spiro atoms. The molecule has 2 atom stereocenters. The van der Waals surface area contributed by atoms with E-state index in [1.54, 1.807) is 0 Å². The molecule has 0 saturated carbocycles. The summed E-state index contributed by atoms with van der Waals surface area (Å²) in [5.41, 5.74) is 2.89. The number of unbranched alkanes of at least 4 members (excludes halogenated alkanes) is 11. The van der Waals surface area contributed by atoms with Crippen molar-refractivity contribution < 1.29 is 4.57 Å². The smallest absolute Gasteiger partial charge is 0.247 e. The number of nitrogens with zero attached hydrogens (tertiary/aromatic N) is 1. The van der Waals surface area contributed by atoms with Crippen molar-refractivity contribution in [1.82, 2.24) is 4.98 Å². The first-order valence-corrected chi connectivity index (χ1v) is 15.8. The Morgan fingerprint density at radius 2 is 1.24 bits per heavy atom. The third kappa shape index (κ3) is 9.44. The Bertz CT molecular complexity index is 977. The highest BCUT2D eigenvalue weighted by atomic mass is 15.1. The minimum atomic E-state index is 0.0138. The molecule has 3 rings (SSSR count). The number of nitrogens with one attached hydrogen (secondary N) is 1. The van der Waals surface area contributed by atoms with Gasteiger partial charge in [0.1, 0.15) is 12.4 Å².